The molecule has 0 bridgehead atoms. The Hall–Kier alpha value is -4.18. The van der Waals surface area contributed by atoms with Gasteiger partial charge in [-0.3, -0.25) is 9.59 Å². The highest BCUT2D eigenvalue weighted by atomic mass is 16.2. The summed E-state index contributed by atoms with van der Waals surface area (Å²) in [6.45, 7) is 0.423. The van der Waals surface area contributed by atoms with Gasteiger partial charge in [-0.25, -0.2) is 0 Å². The number of anilines is 1. The number of amides is 2. The van der Waals surface area contributed by atoms with Crippen molar-refractivity contribution < 1.29 is 9.59 Å². The molecule has 1 N–H and O–H groups in total. The molecule has 0 aromatic heterocycles. The Bertz CT molecular complexity index is 1200. The van der Waals surface area contributed by atoms with Crippen LogP contribution in [0.25, 0.3) is 11.1 Å². The molecule has 0 fully saturated rings. The number of rotatable bonds is 6. The molecule has 0 heterocycles. The maximum Gasteiger partial charge on any atom is 0.258 e. The van der Waals surface area contributed by atoms with Gasteiger partial charge in [0.1, 0.15) is 0 Å². The normalized spacial score (nSPS) is 10.4. The lowest BCUT2D eigenvalue weighted by molar-refractivity contribution is 0.0951. The Labute approximate surface area is 188 Å². The molecule has 4 rings (SSSR count). The first-order valence-electron chi connectivity index (χ1n) is 10.5. The fraction of sp³-hybridized carbons (Fsp3) is 0.0714. The second-order valence-electron chi connectivity index (χ2n) is 7.49. The second-order valence-corrected chi connectivity index (χ2v) is 7.49. The van der Waals surface area contributed by atoms with E-state index in [0.717, 1.165) is 16.7 Å². The zero-order chi connectivity index (χ0) is 22.3. The quantitative estimate of drug-likeness (QED) is 0.444. The van der Waals surface area contributed by atoms with E-state index >= 15 is 0 Å². The summed E-state index contributed by atoms with van der Waals surface area (Å²) in [5.74, 6) is -0.392. The molecule has 0 unspecified atom stereocenters. The third kappa shape index (κ3) is 4.76. The second kappa shape index (κ2) is 9.75. The zero-order valence-corrected chi connectivity index (χ0v) is 17.9. The molecular formula is C28H24N2O2. The number of carbonyl (C=O) groups is 2. The van der Waals surface area contributed by atoms with Gasteiger partial charge >= 0.3 is 0 Å². The molecule has 0 aliphatic heterocycles. The number of benzene rings is 4. The number of hydrogen-bond donors (Lipinski definition) is 1. The molecule has 0 saturated heterocycles. The monoisotopic (exact) mass is 420 g/mol. The molecular weight excluding hydrogens is 396 g/mol. The van der Waals surface area contributed by atoms with Crippen molar-refractivity contribution in [1.29, 1.82) is 0 Å². The molecule has 0 saturated carbocycles. The van der Waals surface area contributed by atoms with Gasteiger partial charge in [0.25, 0.3) is 11.8 Å². The summed E-state index contributed by atoms with van der Waals surface area (Å²) in [6.07, 6.45) is 0. The summed E-state index contributed by atoms with van der Waals surface area (Å²) in [7, 11) is 1.69. The molecule has 0 aliphatic carbocycles. The minimum absolute atomic E-state index is 0.173. The average Bonchev–Trinajstić information content (AvgIpc) is 2.87. The summed E-state index contributed by atoms with van der Waals surface area (Å²) in [6, 6.07) is 34.4. The minimum atomic E-state index is -0.219. The number of carbonyl (C=O) groups excluding carboxylic acids is 2. The van der Waals surface area contributed by atoms with Crippen LogP contribution in [0.1, 0.15) is 26.3 Å². The van der Waals surface area contributed by atoms with Crippen LogP contribution in [-0.4, -0.2) is 18.9 Å². The Kier molecular flexibility index (Phi) is 6.42. The fourth-order valence-corrected chi connectivity index (χ4v) is 3.57. The maximum atomic E-state index is 13.1. The molecule has 0 spiro atoms. The first kappa shape index (κ1) is 21.1. The van der Waals surface area contributed by atoms with Gasteiger partial charge < -0.3 is 10.2 Å². The Balaban J connectivity index is 1.51. The van der Waals surface area contributed by atoms with Gasteiger partial charge in [-0.2, -0.15) is 0 Å². The largest absolute Gasteiger partial charge is 0.348 e. The van der Waals surface area contributed by atoms with Gasteiger partial charge in [-0.1, -0.05) is 84.9 Å². The van der Waals surface area contributed by atoms with Crippen molar-refractivity contribution in [3.05, 3.63) is 126 Å². The SMILES string of the molecule is CN(C(=O)c1ccc(-c2ccccc2)cc1)c1ccccc1C(=O)NCc1ccccc1. The number of nitrogens with zero attached hydrogens (tertiary/aromatic N) is 1. The van der Waals surface area contributed by atoms with Gasteiger partial charge in [0.2, 0.25) is 0 Å². The third-order valence-electron chi connectivity index (χ3n) is 5.35. The summed E-state index contributed by atoms with van der Waals surface area (Å²) in [5, 5.41) is 2.94. The molecule has 0 atom stereocenters. The molecule has 158 valence electrons. The van der Waals surface area contributed by atoms with Crippen LogP contribution in [0.5, 0.6) is 0 Å². The van der Waals surface area contributed by atoms with Crippen molar-refractivity contribution in [3.63, 3.8) is 0 Å². The highest BCUT2D eigenvalue weighted by Crippen LogP contribution is 2.23. The Morgan fingerprint density at radius 3 is 1.94 bits per heavy atom. The summed E-state index contributed by atoms with van der Waals surface area (Å²) in [4.78, 5) is 27.5. The first-order chi connectivity index (χ1) is 15.6. The molecule has 4 nitrogen and oxygen atoms in total. The number of para-hydroxylation sites is 1. The fourth-order valence-electron chi connectivity index (χ4n) is 3.57. The molecule has 2 amide bonds. The standard InChI is InChI=1S/C28H24N2O2/c1-30(28(32)24-18-16-23(17-19-24)22-12-6-3-7-13-22)26-15-9-8-14-25(26)27(31)29-20-21-10-4-2-5-11-21/h2-19H,20H2,1H3,(H,29,31). The predicted octanol–water partition coefficient (Wildman–Crippen LogP) is 5.56. The lowest BCUT2D eigenvalue weighted by atomic mass is 10.0. The molecule has 4 aromatic rings. The zero-order valence-electron chi connectivity index (χ0n) is 17.9. The molecule has 0 aliphatic rings. The van der Waals surface area contributed by atoms with Crippen LogP contribution in [0.2, 0.25) is 0 Å². The van der Waals surface area contributed by atoms with E-state index in [4.69, 9.17) is 0 Å². The van der Waals surface area contributed by atoms with Crippen LogP contribution in [0, 0.1) is 0 Å². The van der Waals surface area contributed by atoms with Crippen molar-refractivity contribution >= 4 is 17.5 Å². The van der Waals surface area contributed by atoms with E-state index in [0.29, 0.717) is 23.4 Å². The van der Waals surface area contributed by atoms with Gasteiger partial charge in [-0.05, 0) is 41.0 Å². The lowest BCUT2D eigenvalue weighted by Gasteiger charge is -2.21. The number of hydrogen-bond acceptors (Lipinski definition) is 2. The van der Waals surface area contributed by atoms with Gasteiger partial charge in [0.05, 0.1) is 11.3 Å². The highest BCUT2D eigenvalue weighted by Gasteiger charge is 2.19. The molecule has 0 radical (unpaired) electrons. The topological polar surface area (TPSA) is 49.4 Å². The summed E-state index contributed by atoms with van der Waals surface area (Å²) in [5.41, 5.74) is 4.74. The van der Waals surface area contributed by atoms with Crippen LogP contribution in [-0.2, 0) is 6.54 Å². The van der Waals surface area contributed by atoms with Crippen LogP contribution in [0.3, 0.4) is 0 Å². The van der Waals surface area contributed by atoms with E-state index in [-0.39, 0.29) is 11.8 Å². The van der Waals surface area contributed by atoms with E-state index in [1.165, 1.54) is 4.90 Å². The minimum Gasteiger partial charge on any atom is -0.348 e. The number of nitrogens with one attached hydrogen (secondary N) is 1. The van der Waals surface area contributed by atoms with E-state index in [2.05, 4.69) is 5.32 Å². The van der Waals surface area contributed by atoms with Crippen molar-refractivity contribution in [2.24, 2.45) is 0 Å². The predicted molar refractivity (Wildman–Crippen MR) is 129 cm³/mol. The van der Waals surface area contributed by atoms with Crippen molar-refractivity contribution in [2.45, 2.75) is 6.54 Å². The summed E-state index contributed by atoms with van der Waals surface area (Å²) < 4.78 is 0. The van der Waals surface area contributed by atoms with Gasteiger partial charge in [-0.15, -0.1) is 0 Å². The Morgan fingerprint density at radius 2 is 1.25 bits per heavy atom. The maximum absolute atomic E-state index is 13.1. The Morgan fingerprint density at radius 1 is 0.688 bits per heavy atom. The molecule has 4 heteroatoms. The van der Waals surface area contributed by atoms with Crippen LogP contribution in [0.15, 0.2) is 109 Å². The van der Waals surface area contributed by atoms with Crippen LogP contribution >= 0.6 is 0 Å². The van der Waals surface area contributed by atoms with Crippen LogP contribution < -0.4 is 10.2 Å². The van der Waals surface area contributed by atoms with Crippen molar-refractivity contribution in [1.82, 2.24) is 5.32 Å². The summed E-state index contributed by atoms with van der Waals surface area (Å²) >= 11 is 0. The molecule has 32 heavy (non-hydrogen) atoms. The smallest absolute Gasteiger partial charge is 0.258 e. The van der Waals surface area contributed by atoms with E-state index in [1.54, 1.807) is 25.2 Å². The molecule has 4 aromatic carbocycles. The van der Waals surface area contributed by atoms with Gasteiger partial charge in [0.15, 0.2) is 0 Å². The van der Waals surface area contributed by atoms with E-state index < -0.39 is 0 Å². The van der Waals surface area contributed by atoms with Gasteiger partial charge in [0, 0.05) is 19.2 Å². The lowest BCUT2D eigenvalue weighted by Crippen LogP contribution is -2.30. The average molecular weight is 421 g/mol. The van der Waals surface area contributed by atoms with Crippen molar-refractivity contribution in [2.75, 3.05) is 11.9 Å². The third-order valence-corrected chi connectivity index (χ3v) is 5.35. The van der Waals surface area contributed by atoms with E-state index in [9.17, 15) is 9.59 Å². The highest BCUT2D eigenvalue weighted by molar-refractivity contribution is 6.10. The van der Waals surface area contributed by atoms with Crippen LogP contribution in [0.4, 0.5) is 5.69 Å². The van der Waals surface area contributed by atoms with Crippen molar-refractivity contribution in [3.8, 4) is 11.1 Å². The first-order valence-corrected chi connectivity index (χ1v) is 10.5. The van der Waals surface area contributed by atoms with E-state index in [1.807, 2.05) is 91.0 Å².